The summed E-state index contributed by atoms with van der Waals surface area (Å²) in [5.74, 6) is -9.17. The molecule has 22 nitrogen and oxygen atoms in total. The van der Waals surface area contributed by atoms with Crippen LogP contribution in [0.3, 0.4) is 0 Å². The topological polar surface area (TPSA) is 259 Å². The number of fused-ring (bicyclic) bond motifs is 3. The fraction of sp³-hybridized carbons (Fsp3) is 0.836. The number of rotatable bonds is 11. The number of nitrogens with one attached hydrogen (secondary N) is 4. The van der Waals surface area contributed by atoms with Gasteiger partial charge in [0.2, 0.25) is 65.0 Å². The second-order valence-electron chi connectivity index (χ2n) is 29.4. The number of hydrogen-bond donors (Lipinski definition) is 4. The van der Waals surface area contributed by atoms with E-state index >= 15 is 9.59 Å². The molecule has 10 atom stereocenters. The fourth-order valence-corrected chi connectivity index (χ4v) is 14.7. The van der Waals surface area contributed by atoms with Crippen LogP contribution in [0.2, 0.25) is 0 Å². The fourth-order valence-electron chi connectivity index (χ4n) is 14.4. The standard InChI is InChI=1S/C67H111ClF3N11O11/c1-16-41(6)58-64(92)78(12)37-56(85)76(10)38-57(86)80(14)53(34-44-23-28-47(68)29-24-44)63(91)77(11)36-54(83)73-48(30-25-43-21-26-46(27-22-43)67(69,70)71)62(90)82-49-20-18-17-19-45(49)35-52(82)61(89)75-66(8,9)65(93)81(15)51(32-40(4)5)59(87)72-42(7)33-55(84)79(13)50(31-39(2)3)60(88)74-58/h39-53,58H,16-38H2,1-15H3,(H,72,87)(H,73,83)(H,74,88)(H,75,89)/t41-,42+,43?,44?,45-,46?,47?,48-,49-,50-,51-,52-,53-,58-/m0/s1. The molecule has 0 aromatic rings. The van der Waals surface area contributed by atoms with E-state index in [4.69, 9.17) is 11.6 Å². The molecule has 26 heteroatoms. The zero-order chi connectivity index (χ0) is 69.7. The first-order chi connectivity index (χ1) is 43.4. The number of carbonyl (C=O) groups excluding carboxylic acids is 11. The summed E-state index contributed by atoms with van der Waals surface area (Å²) in [6, 6.07) is -8.06. The third-order valence-electron chi connectivity index (χ3n) is 20.5. The maximum atomic E-state index is 15.5. The van der Waals surface area contributed by atoms with E-state index < -0.39 is 156 Å². The lowest BCUT2D eigenvalue weighted by Gasteiger charge is -2.39. The van der Waals surface area contributed by atoms with Gasteiger partial charge in [-0.3, -0.25) is 52.7 Å². The molecule has 4 N–H and O–H groups in total. The van der Waals surface area contributed by atoms with Crippen LogP contribution in [0.5, 0.6) is 0 Å². The van der Waals surface area contributed by atoms with Gasteiger partial charge in [-0.05, 0) is 159 Å². The molecule has 0 unspecified atom stereocenters. The number of halogens is 4. The van der Waals surface area contributed by atoms with Crippen LogP contribution in [-0.2, 0) is 52.7 Å². The zero-order valence-electron chi connectivity index (χ0n) is 58.1. The monoisotopic (exact) mass is 1340 g/mol. The van der Waals surface area contributed by atoms with E-state index in [0.717, 1.165) is 22.6 Å². The minimum absolute atomic E-state index is 0.0102. The number of hydrogen-bond acceptors (Lipinski definition) is 11. The molecular weight excluding hydrogens is 1230 g/mol. The van der Waals surface area contributed by atoms with Crippen LogP contribution in [0.25, 0.3) is 0 Å². The lowest BCUT2D eigenvalue weighted by molar-refractivity contribution is -0.184. The molecule has 2 heterocycles. The maximum absolute atomic E-state index is 15.5. The summed E-state index contributed by atoms with van der Waals surface area (Å²) in [7, 11) is 8.58. The molecule has 5 rings (SSSR count). The molecule has 0 aromatic carbocycles. The summed E-state index contributed by atoms with van der Waals surface area (Å²) < 4.78 is 41.5. The Morgan fingerprint density at radius 2 is 1.12 bits per heavy atom. The lowest BCUT2D eigenvalue weighted by atomic mass is 9.79. The maximum Gasteiger partial charge on any atom is 0.391 e. The summed E-state index contributed by atoms with van der Waals surface area (Å²) in [5.41, 5.74) is -1.67. The van der Waals surface area contributed by atoms with Gasteiger partial charge in [0.1, 0.15) is 41.8 Å². The molecule has 3 saturated carbocycles. The van der Waals surface area contributed by atoms with Gasteiger partial charge in [0.25, 0.3) is 0 Å². The first-order valence-corrected chi connectivity index (χ1v) is 34.6. The van der Waals surface area contributed by atoms with Gasteiger partial charge in [-0.15, -0.1) is 11.6 Å². The van der Waals surface area contributed by atoms with Gasteiger partial charge >= 0.3 is 6.18 Å². The quantitative estimate of drug-likeness (QED) is 0.168. The average molecular weight is 1340 g/mol. The average Bonchev–Trinajstić information content (AvgIpc) is 1.65. The molecule has 528 valence electrons. The van der Waals surface area contributed by atoms with E-state index in [-0.39, 0.29) is 106 Å². The van der Waals surface area contributed by atoms with Gasteiger partial charge in [-0.2, -0.15) is 13.2 Å². The minimum Gasteiger partial charge on any atom is -0.351 e. The highest BCUT2D eigenvalue weighted by atomic mass is 35.5. The van der Waals surface area contributed by atoms with Crippen LogP contribution in [0.1, 0.15) is 191 Å². The summed E-state index contributed by atoms with van der Waals surface area (Å²) >= 11 is 6.51. The Labute approximate surface area is 555 Å². The molecular formula is C67H111ClF3N11O11. The smallest absolute Gasteiger partial charge is 0.351 e. The summed E-state index contributed by atoms with van der Waals surface area (Å²) in [4.78, 5) is 169. The Kier molecular flexibility index (Phi) is 28.7. The van der Waals surface area contributed by atoms with E-state index in [0.29, 0.717) is 44.9 Å². The highest BCUT2D eigenvalue weighted by Gasteiger charge is 2.51. The SMILES string of the molecule is CC[C@H](C)[C@@H]1NC(=O)[C@H](CC(C)C)N(C)C(=O)C[C@@H](C)NC(=O)[C@H](CC(C)C)N(C)C(=O)C(C)(C)NC(=O)[C@@H]2C[C@@H]3CCCC[C@@H]3N2C(=O)[C@H](CCC2CCC(C(F)(F)F)CC2)NC(=O)CN(C)C(=O)[C@H](CC2CCC(Cl)CC2)N(C)C(=O)CN(C)C(=O)CN(C)C1=O. The molecule has 93 heavy (non-hydrogen) atoms. The number of nitrogens with zero attached hydrogens (tertiary/aromatic N) is 7. The summed E-state index contributed by atoms with van der Waals surface area (Å²) in [6.07, 6.45) is 2.82. The van der Waals surface area contributed by atoms with Crippen molar-refractivity contribution in [2.45, 2.75) is 256 Å². The number of carbonyl (C=O) groups is 11. The molecule has 5 fully saturated rings. The first kappa shape index (κ1) is 78.0. The van der Waals surface area contributed by atoms with E-state index in [9.17, 15) is 56.3 Å². The van der Waals surface area contributed by atoms with Crippen molar-refractivity contribution in [1.29, 1.82) is 0 Å². The van der Waals surface area contributed by atoms with Crippen molar-refractivity contribution in [3.63, 3.8) is 0 Å². The normalized spacial score (nSPS) is 31.5. The van der Waals surface area contributed by atoms with Crippen molar-refractivity contribution >= 4 is 76.6 Å². The first-order valence-electron chi connectivity index (χ1n) is 34.1. The third kappa shape index (κ3) is 21.4. The van der Waals surface area contributed by atoms with Crippen molar-refractivity contribution in [2.24, 2.45) is 41.4 Å². The molecule has 0 bridgehead atoms. The van der Waals surface area contributed by atoms with E-state index in [1.807, 2.05) is 34.6 Å². The molecule has 0 aromatic heterocycles. The van der Waals surface area contributed by atoms with Crippen LogP contribution < -0.4 is 21.3 Å². The number of likely N-dealkylation sites (N-methyl/N-ethyl adjacent to an activating group) is 6. The van der Waals surface area contributed by atoms with Crippen molar-refractivity contribution in [1.82, 2.24) is 55.6 Å². The predicted molar refractivity (Wildman–Crippen MR) is 347 cm³/mol. The van der Waals surface area contributed by atoms with Crippen molar-refractivity contribution in [3.8, 4) is 0 Å². The summed E-state index contributed by atoms with van der Waals surface area (Å²) in [6.45, 7) is 14.2. The van der Waals surface area contributed by atoms with E-state index in [1.54, 1.807) is 13.8 Å². The predicted octanol–water partition coefficient (Wildman–Crippen LogP) is 6.25. The van der Waals surface area contributed by atoms with Gasteiger partial charge in [0.15, 0.2) is 0 Å². The van der Waals surface area contributed by atoms with Crippen molar-refractivity contribution < 1.29 is 65.9 Å². The Bertz CT molecular complexity index is 2630. The molecule has 0 radical (unpaired) electrons. The van der Waals surface area contributed by atoms with E-state index in [1.165, 1.54) is 80.6 Å². The highest BCUT2D eigenvalue weighted by Crippen LogP contribution is 2.43. The van der Waals surface area contributed by atoms with Crippen LogP contribution in [-0.4, -0.2) is 227 Å². The molecule has 3 aliphatic carbocycles. The molecule has 11 amide bonds. The van der Waals surface area contributed by atoms with Gasteiger partial charge in [-0.1, -0.05) is 60.8 Å². The number of alkyl halides is 4. The van der Waals surface area contributed by atoms with Gasteiger partial charge in [0, 0.05) is 66.2 Å². The molecule has 5 aliphatic rings. The van der Waals surface area contributed by atoms with E-state index in [2.05, 4.69) is 21.3 Å². The van der Waals surface area contributed by atoms with Crippen LogP contribution in [0, 0.1) is 41.4 Å². The highest BCUT2D eigenvalue weighted by molar-refractivity contribution is 6.20. The van der Waals surface area contributed by atoms with Crippen molar-refractivity contribution in [2.75, 3.05) is 61.9 Å². The van der Waals surface area contributed by atoms with Crippen LogP contribution in [0.4, 0.5) is 13.2 Å². The van der Waals surface area contributed by atoms with Gasteiger partial charge in [0.05, 0.1) is 25.6 Å². The molecule has 0 spiro atoms. The second kappa shape index (κ2) is 34.3. The largest absolute Gasteiger partial charge is 0.391 e. The Morgan fingerprint density at radius 3 is 1.70 bits per heavy atom. The summed E-state index contributed by atoms with van der Waals surface area (Å²) in [5, 5.41) is 11.5. The Balaban J connectivity index is 1.56. The van der Waals surface area contributed by atoms with Crippen LogP contribution >= 0.6 is 11.6 Å². The van der Waals surface area contributed by atoms with Crippen LogP contribution in [0.15, 0.2) is 0 Å². The van der Waals surface area contributed by atoms with Crippen molar-refractivity contribution in [3.05, 3.63) is 0 Å². The zero-order valence-corrected chi connectivity index (χ0v) is 58.9. The minimum atomic E-state index is -4.34. The lowest BCUT2D eigenvalue weighted by Crippen LogP contribution is -2.63. The van der Waals surface area contributed by atoms with Gasteiger partial charge < -0.3 is 55.6 Å². The van der Waals surface area contributed by atoms with Gasteiger partial charge in [-0.25, -0.2) is 0 Å². The Morgan fingerprint density at radius 1 is 0.581 bits per heavy atom. The second-order valence-corrected chi connectivity index (χ2v) is 30.0. The Hall–Kier alpha value is -5.75. The molecule has 2 aliphatic heterocycles. The number of amides is 11. The molecule has 2 saturated heterocycles. The third-order valence-corrected chi connectivity index (χ3v) is 20.9.